The minimum Gasteiger partial charge on any atom is -0.485 e. The van der Waals surface area contributed by atoms with Gasteiger partial charge in [0.15, 0.2) is 11.5 Å². The van der Waals surface area contributed by atoms with Crippen molar-refractivity contribution < 1.29 is 28.2 Å². The molecule has 0 aliphatic carbocycles. The van der Waals surface area contributed by atoms with Gasteiger partial charge < -0.3 is 19.1 Å². The molecule has 30 heavy (non-hydrogen) atoms. The van der Waals surface area contributed by atoms with Crippen molar-refractivity contribution in [2.24, 2.45) is 5.41 Å². The summed E-state index contributed by atoms with van der Waals surface area (Å²) in [5, 5.41) is 1.78. The number of amides is 1. The van der Waals surface area contributed by atoms with E-state index in [0.29, 0.717) is 55.4 Å². The molecule has 2 aliphatic rings. The van der Waals surface area contributed by atoms with E-state index in [4.69, 9.17) is 14.2 Å². The number of esters is 1. The van der Waals surface area contributed by atoms with Crippen LogP contribution >= 0.6 is 11.3 Å². The summed E-state index contributed by atoms with van der Waals surface area (Å²) in [6.07, 6.45) is 1.67. The number of ether oxygens (including phenoxy) is 3. The van der Waals surface area contributed by atoms with Crippen LogP contribution in [0.2, 0.25) is 0 Å². The first-order chi connectivity index (χ1) is 14.5. The minimum atomic E-state index is -0.865. The lowest BCUT2D eigenvalue weighted by atomic mass is 9.75. The standard InChI is InChI=1S/C22H24FNO5S/c1-2-27-21(26)22(12-15-4-6-16(23)7-5-15)8-3-9-24(14-22)20(25)19-18-17(13-30-19)28-10-11-29-18/h4-7,13H,2-3,8-12,14H2,1H3/t22-/m0/s1. The van der Waals surface area contributed by atoms with Gasteiger partial charge in [0.25, 0.3) is 5.91 Å². The normalized spacial score (nSPS) is 20.7. The lowest BCUT2D eigenvalue weighted by Gasteiger charge is -2.41. The van der Waals surface area contributed by atoms with Crippen LogP contribution in [0.4, 0.5) is 4.39 Å². The van der Waals surface area contributed by atoms with Gasteiger partial charge in [0.05, 0.1) is 12.0 Å². The average Bonchev–Trinajstić information content (AvgIpc) is 3.19. The number of piperidine rings is 1. The topological polar surface area (TPSA) is 65.1 Å². The first-order valence-electron chi connectivity index (χ1n) is 10.1. The monoisotopic (exact) mass is 433 g/mol. The fourth-order valence-electron chi connectivity index (χ4n) is 4.12. The molecule has 4 rings (SSSR count). The highest BCUT2D eigenvalue weighted by Crippen LogP contribution is 2.42. The number of halogens is 1. The van der Waals surface area contributed by atoms with Crippen molar-refractivity contribution in [2.75, 3.05) is 32.9 Å². The molecule has 1 aromatic heterocycles. The molecule has 2 aliphatic heterocycles. The first kappa shape index (κ1) is 20.7. The Hall–Kier alpha value is -2.61. The molecule has 160 valence electrons. The Balaban J connectivity index is 1.60. The highest BCUT2D eigenvalue weighted by Gasteiger charge is 2.45. The van der Waals surface area contributed by atoms with Crippen molar-refractivity contribution in [2.45, 2.75) is 26.2 Å². The Morgan fingerprint density at radius 2 is 2.00 bits per heavy atom. The molecular weight excluding hydrogens is 409 g/mol. The molecule has 3 heterocycles. The van der Waals surface area contributed by atoms with E-state index in [1.165, 1.54) is 23.5 Å². The molecule has 1 atom stereocenters. The van der Waals surface area contributed by atoms with E-state index in [1.54, 1.807) is 29.3 Å². The predicted molar refractivity (Wildman–Crippen MR) is 110 cm³/mol. The van der Waals surface area contributed by atoms with Crippen molar-refractivity contribution in [3.8, 4) is 11.5 Å². The summed E-state index contributed by atoms with van der Waals surface area (Å²) in [5.41, 5.74) is -0.0276. The van der Waals surface area contributed by atoms with Crippen molar-refractivity contribution in [3.05, 3.63) is 45.9 Å². The van der Waals surface area contributed by atoms with E-state index in [2.05, 4.69) is 0 Å². The fraction of sp³-hybridized carbons (Fsp3) is 0.455. The van der Waals surface area contributed by atoms with Crippen LogP contribution in [-0.4, -0.2) is 49.7 Å². The summed E-state index contributed by atoms with van der Waals surface area (Å²) in [4.78, 5) is 28.5. The van der Waals surface area contributed by atoms with Gasteiger partial charge in [0.1, 0.15) is 23.9 Å². The van der Waals surface area contributed by atoms with Gasteiger partial charge in [-0.15, -0.1) is 11.3 Å². The molecule has 6 nitrogen and oxygen atoms in total. The first-order valence-corrected chi connectivity index (χ1v) is 11.0. The zero-order valence-corrected chi connectivity index (χ0v) is 17.6. The van der Waals surface area contributed by atoms with Crippen molar-refractivity contribution in [1.82, 2.24) is 4.90 Å². The van der Waals surface area contributed by atoms with E-state index in [-0.39, 0.29) is 30.8 Å². The lowest BCUT2D eigenvalue weighted by Crippen LogP contribution is -2.51. The van der Waals surface area contributed by atoms with Crippen LogP contribution < -0.4 is 9.47 Å². The summed E-state index contributed by atoms with van der Waals surface area (Å²) < 4.78 is 29.9. The highest BCUT2D eigenvalue weighted by molar-refractivity contribution is 7.12. The molecular formula is C22H24FNO5S. The number of likely N-dealkylation sites (tertiary alicyclic amines) is 1. The number of nitrogens with zero attached hydrogens (tertiary/aromatic N) is 1. The maximum atomic E-state index is 13.3. The lowest BCUT2D eigenvalue weighted by molar-refractivity contribution is -0.158. The zero-order chi connectivity index (χ0) is 21.1. The second kappa shape index (κ2) is 8.63. The molecule has 0 bridgehead atoms. The van der Waals surface area contributed by atoms with E-state index >= 15 is 0 Å². The van der Waals surface area contributed by atoms with Crippen LogP contribution in [0.3, 0.4) is 0 Å². The third-order valence-electron chi connectivity index (χ3n) is 5.52. The average molecular weight is 434 g/mol. The van der Waals surface area contributed by atoms with Crippen molar-refractivity contribution in [1.29, 1.82) is 0 Å². The summed E-state index contributed by atoms with van der Waals surface area (Å²) in [6, 6.07) is 6.13. The van der Waals surface area contributed by atoms with Crippen LogP contribution in [-0.2, 0) is 16.0 Å². The van der Waals surface area contributed by atoms with Crippen LogP contribution in [0.5, 0.6) is 11.5 Å². The van der Waals surface area contributed by atoms with Gasteiger partial charge in [0.2, 0.25) is 0 Å². The molecule has 1 fully saturated rings. The Labute approximate surface area is 178 Å². The molecule has 0 radical (unpaired) electrons. The van der Waals surface area contributed by atoms with Gasteiger partial charge in [0, 0.05) is 18.5 Å². The molecule has 2 aromatic rings. The third kappa shape index (κ3) is 4.01. The number of thiophene rings is 1. The SMILES string of the molecule is CCOC(=O)[C@]1(Cc2ccc(F)cc2)CCCN(C(=O)c2scc3c2OCCO3)C1. The van der Waals surface area contributed by atoms with Gasteiger partial charge in [-0.2, -0.15) is 0 Å². The Morgan fingerprint density at radius 1 is 1.23 bits per heavy atom. The van der Waals surface area contributed by atoms with Gasteiger partial charge in [-0.1, -0.05) is 12.1 Å². The predicted octanol–water partition coefficient (Wildman–Crippen LogP) is 3.69. The minimum absolute atomic E-state index is 0.167. The number of carbonyl (C=O) groups is 2. The molecule has 0 unspecified atom stereocenters. The number of rotatable bonds is 5. The Bertz CT molecular complexity index is 928. The molecule has 8 heteroatoms. The number of carbonyl (C=O) groups excluding carboxylic acids is 2. The van der Waals surface area contributed by atoms with Crippen molar-refractivity contribution in [3.63, 3.8) is 0 Å². The van der Waals surface area contributed by atoms with Crippen molar-refractivity contribution >= 4 is 23.2 Å². The van der Waals surface area contributed by atoms with E-state index in [0.717, 1.165) is 5.56 Å². The fourth-order valence-corrected chi connectivity index (χ4v) is 5.02. The largest absolute Gasteiger partial charge is 0.485 e. The van der Waals surface area contributed by atoms with Crippen LogP contribution in [0, 0.1) is 11.2 Å². The smallest absolute Gasteiger partial charge is 0.314 e. The maximum absolute atomic E-state index is 13.3. The van der Waals surface area contributed by atoms with Crippen LogP contribution in [0.15, 0.2) is 29.6 Å². The number of benzene rings is 1. The Morgan fingerprint density at radius 3 is 2.77 bits per heavy atom. The number of hydrogen-bond acceptors (Lipinski definition) is 6. The van der Waals surface area contributed by atoms with E-state index in [1.807, 2.05) is 0 Å². The molecule has 1 aromatic carbocycles. The molecule has 0 N–H and O–H groups in total. The second-order valence-corrected chi connectivity index (χ2v) is 8.47. The van der Waals surface area contributed by atoms with Crippen LogP contribution in [0.25, 0.3) is 0 Å². The molecule has 1 saturated heterocycles. The van der Waals surface area contributed by atoms with Gasteiger partial charge in [-0.05, 0) is 43.9 Å². The van der Waals surface area contributed by atoms with Crippen LogP contribution in [0.1, 0.15) is 35.0 Å². The number of fused-ring (bicyclic) bond motifs is 1. The quantitative estimate of drug-likeness (QED) is 0.673. The van der Waals surface area contributed by atoms with E-state index < -0.39 is 5.41 Å². The summed E-state index contributed by atoms with van der Waals surface area (Å²) in [6.45, 7) is 3.70. The third-order valence-corrected chi connectivity index (χ3v) is 6.45. The zero-order valence-electron chi connectivity index (χ0n) is 16.8. The number of hydrogen-bond donors (Lipinski definition) is 0. The summed E-state index contributed by atoms with van der Waals surface area (Å²) >= 11 is 1.29. The highest BCUT2D eigenvalue weighted by atomic mass is 32.1. The van der Waals surface area contributed by atoms with Gasteiger partial charge in [-0.3, -0.25) is 9.59 Å². The second-order valence-electron chi connectivity index (χ2n) is 7.59. The summed E-state index contributed by atoms with van der Waals surface area (Å²) in [7, 11) is 0. The molecule has 0 spiro atoms. The van der Waals surface area contributed by atoms with E-state index in [9.17, 15) is 14.0 Å². The van der Waals surface area contributed by atoms with Gasteiger partial charge in [-0.25, -0.2) is 4.39 Å². The Kier molecular flexibility index (Phi) is 5.94. The summed E-state index contributed by atoms with van der Waals surface area (Å²) in [5.74, 6) is 0.268. The maximum Gasteiger partial charge on any atom is 0.314 e. The van der Waals surface area contributed by atoms with Gasteiger partial charge >= 0.3 is 5.97 Å². The molecule has 1 amide bonds. The molecule has 0 saturated carbocycles.